The van der Waals surface area contributed by atoms with Gasteiger partial charge in [0.05, 0.1) is 35.7 Å². The van der Waals surface area contributed by atoms with Crippen LogP contribution >= 0.6 is 23.2 Å². The van der Waals surface area contributed by atoms with E-state index in [9.17, 15) is 37.4 Å². The molecule has 3 N–H and O–H groups in total. The van der Waals surface area contributed by atoms with Gasteiger partial charge in [0.15, 0.2) is 6.61 Å². The molecule has 0 aliphatic carbocycles. The summed E-state index contributed by atoms with van der Waals surface area (Å²) in [6.45, 7) is -2.73. The van der Waals surface area contributed by atoms with E-state index < -0.39 is 61.0 Å². The van der Waals surface area contributed by atoms with E-state index in [1.165, 1.54) is 42.5 Å². The Labute approximate surface area is 250 Å². The molecule has 0 aliphatic heterocycles. The zero-order chi connectivity index (χ0) is 28.0. The van der Waals surface area contributed by atoms with Crippen molar-refractivity contribution in [2.24, 2.45) is 0 Å². The number of aliphatic hydroxyl groups is 2. The molecule has 0 radical (unpaired) electrons. The first-order valence-electron chi connectivity index (χ1n) is 10.8. The molecule has 7 nitrogen and oxygen atoms in total. The number of rotatable bonds is 9. The summed E-state index contributed by atoms with van der Waals surface area (Å²) < 4.78 is 57.8. The Morgan fingerprint density at radius 2 is 1.69 bits per heavy atom. The maximum absolute atomic E-state index is 14.1. The molecule has 0 spiro atoms. The third-order valence-corrected chi connectivity index (χ3v) is 5.71. The van der Waals surface area contributed by atoms with E-state index in [-0.39, 0.29) is 59.7 Å². The van der Waals surface area contributed by atoms with E-state index in [2.05, 4.69) is 10.6 Å². The third-order valence-electron chi connectivity index (χ3n) is 5.07. The summed E-state index contributed by atoms with van der Waals surface area (Å²) in [5.41, 5.74) is -0.395. The molecule has 204 valence electrons. The van der Waals surface area contributed by atoms with Crippen LogP contribution in [0.1, 0.15) is 20.7 Å². The number of nitrogens with zero attached hydrogens (tertiary/aromatic N) is 1. The molecule has 0 saturated carbocycles. The topological polar surface area (TPSA) is 110 Å². The fourth-order valence-electron chi connectivity index (χ4n) is 3.22. The maximum atomic E-state index is 14.1. The summed E-state index contributed by atoms with van der Waals surface area (Å²) in [5, 5.41) is 24.4. The number of amides is 2. The summed E-state index contributed by atoms with van der Waals surface area (Å²) in [5.74, 6) is -3.22. The molecule has 2 amide bonds. The average Bonchev–Trinajstić information content (AvgIpc) is 2.86. The van der Waals surface area contributed by atoms with E-state index >= 15 is 0 Å². The summed E-state index contributed by atoms with van der Waals surface area (Å²) in [4.78, 5) is 25.1. The second-order valence-corrected chi connectivity index (χ2v) is 8.64. The molecular weight excluding hydrogens is 668 g/mol. The number of carbonyl (C=O) groups is 2. The molecule has 0 fully saturated rings. The van der Waals surface area contributed by atoms with Gasteiger partial charge < -0.3 is 30.4 Å². The van der Waals surface area contributed by atoms with Gasteiger partial charge in [0.25, 0.3) is 5.91 Å². The van der Waals surface area contributed by atoms with Crippen molar-refractivity contribution in [2.45, 2.75) is 12.2 Å². The monoisotopic (exact) mass is 687 g/mol. The molecule has 0 unspecified atom stereocenters. The Bertz CT molecular complexity index is 1320. The molecule has 3 aromatic rings. The van der Waals surface area contributed by atoms with Crippen LogP contribution in [0.5, 0.6) is 5.75 Å². The minimum absolute atomic E-state index is 0. The van der Waals surface area contributed by atoms with E-state index in [4.69, 9.17) is 27.9 Å². The van der Waals surface area contributed by atoms with Crippen LogP contribution in [0.2, 0.25) is 10.0 Å². The van der Waals surface area contributed by atoms with Crippen molar-refractivity contribution in [2.75, 3.05) is 19.8 Å². The SMILES string of the molecule is O=C(NC(CO)CO)c1ccc(Cl)c(-c2ccc([N-]C(=O)c3c(F)cccc3Cl)c(OCC(F)(F)F)c2)c1.[Cd]. The smallest absolute Gasteiger partial charge is 0.422 e. The zero-order valence-corrected chi connectivity index (χ0v) is 25.5. The van der Waals surface area contributed by atoms with Gasteiger partial charge in [-0.15, -0.1) is 0 Å². The van der Waals surface area contributed by atoms with Crippen LogP contribution in [0.15, 0.2) is 54.6 Å². The minimum Gasteiger partial charge on any atom is -0.620 e. The second-order valence-electron chi connectivity index (χ2n) is 7.83. The van der Waals surface area contributed by atoms with Crippen molar-refractivity contribution in [3.05, 3.63) is 86.9 Å². The van der Waals surface area contributed by atoms with Gasteiger partial charge in [-0.1, -0.05) is 47.1 Å². The molecule has 0 saturated heterocycles. The fraction of sp³-hybridized carbons (Fsp3) is 0.200. The normalized spacial score (nSPS) is 11.1. The maximum Gasteiger partial charge on any atom is 0.422 e. The van der Waals surface area contributed by atoms with Gasteiger partial charge in [-0.25, -0.2) is 4.39 Å². The van der Waals surface area contributed by atoms with Crippen molar-refractivity contribution in [3.63, 3.8) is 0 Å². The zero-order valence-electron chi connectivity index (χ0n) is 19.9. The number of carbonyl (C=O) groups excluding carboxylic acids is 2. The van der Waals surface area contributed by atoms with Crippen molar-refractivity contribution in [1.29, 1.82) is 0 Å². The molecule has 0 aliphatic rings. The third kappa shape index (κ3) is 8.77. The number of nitrogens with one attached hydrogen (secondary N) is 1. The first-order valence-corrected chi connectivity index (χ1v) is 11.5. The molecule has 0 aromatic heterocycles. The van der Waals surface area contributed by atoms with Gasteiger partial charge in [0, 0.05) is 43.4 Å². The number of hydrogen-bond acceptors (Lipinski definition) is 5. The van der Waals surface area contributed by atoms with E-state index in [1.807, 2.05) is 0 Å². The average molecular weight is 687 g/mol. The molecule has 3 rings (SSSR count). The van der Waals surface area contributed by atoms with Gasteiger partial charge in [0.2, 0.25) is 0 Å². The van der Waals surface area contributed by atoms with Gasteiger partial charge in [-0.2, -0.15) is 13.2 Å². The predicted molar refractivity (Wildman–Crippen MR) is 133 cm³/mol. The Morgan fingerprint density at radius 3 is 2.31 bits per heavy atom. The van der Waals surface area contributed by atoms with Crippen LogP contribution in [-0.4, -0.2) is 54.1 Å². The van der Waals surface area contributed by atoms with E-state index in [0.717, 1.165) is 12.1 Å². The van der Waals surface area contributed by atoms with Gasteiger partial charge in [0.1, 0.15) is 11.6 Å². The van der Waals surface area contributed by atoms with Crippen LogP contribution < -0.4 is 10.1 Å². The fourth-order valence-corrected chi connectivity index (χ4v) is 3.69. The van der Waals surface area contributed by atoms with Gasteiger partial charge in [-0.3, -0.25) is 4.79 Å². The summed E-state index contributed by atoms with van der Waals surface area (Å²) >= 11 is 12.2. The number of halogens is 6. The molecule has 3 aromatic carbocycles. The summed E-state index contributed by atoms with van der Waals surface area (Å²) in [7, 11) is 0. The largest absolute Gasteiger partial charge is 0.620 e. The predicted octanol–water partition coefficient (Wildman–Crippen LogP) is 5.67. The van der Waals surface area contributed by atoms with Crippen LogP contribution in [0.4, 0.5) is 23.2 Å². The number of ether oxygens (including phenoxy) is 1. The van der Waals surface area contributed by atoms with Crippen molar-refractivity contribution < 1.29 is 69.4 Å². The first kappa shape index (κ1) is 32.8. The Morgan fingerprint density at radius 1 is 1.00 bits per heavy atom. The second kappa shape index (κ2) is 14.3. The molecule has 0 bridgehead atoms. The number of alkyl halides is 3. The number of benzene rings is 3. The Balaban J connectivity index is 0.00000533. The van der Waals surface area contributed by atoms with Crippen molar-refractivity contribution >= 4 is 40.7 Å². The standard InChI is InChI=1S/C25H20Cl2F4N2O5.Cd/c26-17-6-4-14(23(36)32-15(10-34)11-35)8-16(17)13-5-7-20(21(9-13)38-12-25(29,30)31)33-24(37)22-18(27)2-1-3-19(22)28;/h1-9,15,34-35H,10-12H2,(H2,32,33,36,37);/p-1. The van der Waals surface area contributed by atoms with Gasteiger partial charge >= 0.3 is 6.18 Å². The molecule has 14 heteroatoms. The Hall–Kier alpha value is -2.46. The minimum atomic E-state index is -4.72. The number of hydrogen-bond donors (Lipinski definition) is 3. The van der Waals surface area contributed by atoms with Crippen LogP contribution in [0, 0.1) is 5.82 Å². The first-order chi connectivity index (χ1) is 17.9. The van der Waals surface area contributed by atoms with Crippen molar-refractivity contribution in [3.8, 4) is 16.9 Å². The molecule has 39 heavy (non-hydrogen) atoms. The number of aliphatic hydroxyl groups excluding tert-OH is 2. The van der Waals surface area contributed by atoms with Gasteiger partial charge in [-0.05, 0) is 42.0 Å². The molecule has 0 heterocycles. The van der Waals surface area contributed by atoms with E-state index in [0.29, 0.717) is 0 Å². The molecular formula is C25H19CdCl2F4N2O5-. The van der Waals surface area contributed by atoms with Crippen LogP contribution in [0.3, 0.4) is 0 Å². The molecule has 0 atom stereocenters. The quantitative estimate of drug-likeness (QED) is 0.199. The van der Waals surface area contributed by atoms with Crippen LogP contribution in [0.25, 0.3) is 16.4 Å². The van der Waals surface area contributed by atoms with Crippen molar-refractivity contribution in [1.82, 2.24) is 5.32 Å². The Kier molecular flexibility index (Phi) is 12.0. The summed E-state index contributed by atoms with van der Waals surface area (Å²) in [6.07, 6.45) is -4.72. The van der Waals surface area contributed by atoms with Crippen LogP contribution in [-0.2, 0) is 27.3 Å². The summed E-state index contributed by atoms with van der Waals surface area (Å²) in [6, 6.07) is 10.3. The van der Waals surface area contributed by atoms with E-state index in [1.54, 1.807) is 0 Å².